The molecular weight excluding hydrogens is 378 g/mol. The number of anilines is 1. The predicted octanol–water partition coefficient (Wildman–Crippen LogP) is 2.87. The fraction of sp³-hybridized carbons (Fsp3) is 0.750. The van der Waals surface area contributed by atoms with Crippen molar-refractivity contribution in [2.45, 2.75) is 63.3 Å². The SMILES string of the molecule is C[C@]12CCC[C@]3(C)O[C@@]13C[C@H]1[C@H](CN3CCN(c4ccccn4)CC3)C(=O)O[C@@H]1C2. The van der Waals surface area contributed by atoms with Gasteiger partial charge in [-0.2, -0.15) is 0 Å². The number of ether oxygens (including phenoxy) is 2. The molecule has 5 fully saturated rings. The van der Waals surface area contributed by atoms with Crippen molar-refractivity contribution in [2.24, 2.45) is 17.3 Å². The van der Waals surface area contributed by atoms with Crippen molar-refractivity contribution in [1.29, 1.82) is 0 Å². The Balaban J connectivity index is 1.14. The zero-order chi connectivity index (χ0) is 20.6. The monoisotopic (exact) mass is 411 g/mol. The summed E-state index contributed by atoms with van der Waals surface area (Å²) in [7, 11) is 0. The molecule has 4 heterocycles. The minimum atomic E-state index is -0.0245. The van der Waals surface area contributed by atoms with Crippen molar-refractivity contribution in [3.63, 3.8) is 0 Å². The summed E-state index contributed by atoms with van der Waals surface area (Å²) in [6, 6.07) is 6.07. The lowest BCUT2D eigenvalue weighted by atomic mass is 9.53. The van der Waals surface area contributed by atoms with Crippen LogP contribution in [0.4, 0.5) is 5.82 Å². The smallest absolute Gasteiger partial charge is 0.310 e. The molecule has 3 aliphatic heterocycles. The number of carbonyl (C=O) groups excluding carboxylic acids is 1. The molecule has 162 valence electrons. The second-order valence-corrected chi connectivity index (χ2v) is 10.7. The first kappa shape index (κ1) is 19.1. The summed E-state index contributed by atoms with van der Waals surface area (Å²) in [6.45, 7) is 9.34. The van der Waals surface area contributed by atoms with Gasteiger partial charge < -0.3 is 14.4 Å². The van der Waals surface area contributed by atoms with Crippen molar-refractivity contribution in [2.75, 3.05) is 37.6 Å². The van der Waals surface area contributed by atoms with Gasteiger partial charge in [0.1, 0.15) is 17.5 Å². The lowest BCUT2D eigenvalue weighted by Gasteiger charge is -2.48. The van der Waals surface area contributed by atoms with Crippen LogP contribution in [0.2, 0.25) is 0 Å². The van der Waals surface area contributed by atoms with Gasteiger partial charge in [0.05, 0.1) is 11.5 Å². The molecule has 2 aliphatic carbocycles. The number of nitrogens with zero attached hydrogens (tertiary/aromatic N) is 3. The molecule has 6 heteroatoms. The number of piperazine rings is 1. The van der Waals surface area contributed by atoms with Gasteiger partial charge in [-0.05, 0) is 51.2 Å². The highest BCUT2D eigenvalue weighted by atomic mass is 16.6. The summed E-state index contributed by atoms with van der Waals surface area (Å²) >= 11 is 0. The lowest BCUT2D eigenvalue weighted by molar-refractivity contribution is -0.146. The van der Waals surface area contributed by atoms with Crippen LogP contribution in [0.15, 0.2) is 24.4 Å². The van der Waals surface area contributed by atoms with E-state index in [1.165, 1.54) is 12.8 Å². The highest BCUT2D eigenvalue weighted by molar-refractivity contribution is 5.76. The fourth-order valence-corrected chi connectivity index (χ4v) is 7.35. The first-order chi connectivity index (χ1) is 14.4. The Hall–Kier alpha value is -1.66. The molecule has 0 radical (unpaired) electrons. The van der Waals surface area contributed by atoms with Crippen molar-refractivity contribution >= 4 is 11.8 Å². The Bertz CT molecular complexity index is 841. The molecule has 0 unspecified atom stereocenters. The molecular formula is C24H33N3O3. The number of hydrogen-bond donors (Lipinski definition) is 0. The van der Waals surface area contributed by atoms with Crippen LogP contribution in [0, 0.1) is 17.3 Å². The number of esters is 1. The summed E-state index contributed by atoms with van der Waals surface area (Å²) in [5.41, 5.74) is 0.156. The van der Waals surface area contributed by atoms with E-state index in [0.717, 1.165) is 57.8 Å². The number of hydrogen-bond acceptors (Lipinski definition) is 6. The molecule has 1 aromatic rings. The Morgan fingerprint density at radius 1 is 1.13 bits per heavy atom. The van der Waals surface area contributed by atoms with Crippen LogP contribution in [0.1, 0.15) is 46.0 Å². The van der Waals surface area contributed by atoms with E-state index in [9.17, 15) is 4.79 Å². The van der Waals surface area contributed by atoms with Gasteiger partial charge >= 0.3 is 5.97 Å². The van der Waals surface area contributed by atoms with Crippen LogP contribution in [0.25, 0.3) is 0 Å². The summed E-state index contributed by atoms with van der Waals surface area (Å²) in [5, 5.41) is 0. The van der Waals surface area contributed by atoms with Crippen molar-refractivity contribution in [3.8, 4) is 0 Å². The molecule has 0 amide bonds. The van der Waals surface area contributed by atoms with Crippen LogP contribution < -0.4 is 4.90 Å². The first-order valence-corrected chi connectivity index (χ1v) is 11.7. The number of pyridine rings is 1. The zero-order valence-electron chi connectivity index (χ0n) is 18.2. The molecule has 0 bridgehead atoms. The number of fused-ring (bicyclic) bond motifs is 1. The van der Waals surface area contributed by atoms with Crippen molar-refractivity contribution in [1.82, 2.24) is 9.88 Å². The summed E-state index contributed by atoms with van der Waals surface area (Å²) < 4.78 is 12.5. The maximum absolute atomic E-state index is 12.9. The Morgan fingerprint density at radius 2 is 1.97 bits per heavy atom. The summed E-state index contributed by atoms with van der Waals surface area (Å²) in [6.07, 6.45) is 7.49. The molecule has 6 nitrogen and oxygen atoms in total. The predicted molar refractivity (Wildman–Crippen MR) is 113 cm³/mol. The van der Waals surface area contributed by atoms with E-state index in [1.807, 2.05) is 18.3 Å². The summed E-state index contributed by atoms with van der Waals surface area (Å²) in [4.78, 5) is 22.2. The Labute approximate surface area is 178 Å². The van der Waals surface area contributed by atoms with Crippen LogP contribution in [-0.4, -0.2) is 65.9 Å². The van der Waals surface area contributed by atoms with E-state index in [4.69, 9.17) is 9.47 Å². The topological polar surface area (TPSA) is 58.2 Å². The number of aromatic nitrogens is 1. The molecule has 30 heavy (non-hydrogen) atoms. The number of epoxide rings is 1. The lowest BCUT2D eigenvalue weighted by Crippen LogP contribution is -2.54. The van der Waals surface area contributed by atoms with Crippen LogP contribution in [-0.2, 0) is 14.3 Å². The highest BCUT2D eigenvalue weighted by Crippen LogP contribution is 2.72. The molecule has 6 atom stereocenters. The van der Waals surface area contributed by atoms with Gasteiger partial charge in [-0.1, -0.05) is 13.0 Å². The van der Waals surface area contributed by atoms with Crippen molar-refractivity contribution < 1.29 is 14.3 Å². The normalized spacial score (nSPS) is 45.3. The average Bonchev–Trinajstić information content (AvgIpc) is 3.27. The Kier molecular flexibility index (Phi) is 4.08. The maximum atomic E-state index is 12.9. The van der Waals surface area contributed by atoms with Gasteiger partial charge in [0.15, 0.2) is 0 Å². The largest absolute Gasteiger partial charge is 0.462 e. The van der Waals surface area contributed by atoms with Crippen LogP contribution in [0.3, 0.4) is 0 Å². The highest BCUT2D eigenvalue weighted by Gasteiger charge is 2.79. The molecule has 1 spiro atoms. The van der Waals surface area contributed by atoms with E-state index < -0.39 is 0 Å². The van der Waals surface area contributed by atoms with Gasteiger partial charge in [-0.3, -0.25) is 9.69 Å². The van der Waals surface area contributed by atoms with Gasteiger partial charge in [0.2, 0.25) is 0 Å². The van der Waals surface area contributed by atoms with Crippen LogP contribution >= 0.6 is 0 Å². The number of rotatable bonds is 3. The minimum Gasteiger partial charge on any atom is -0.462 e. The van der Waals surface area contributed by atoms with Crippen molar-refractivity contribution in [3.05, 3.63) is 24.4 Å². The summed E-state index contributed by atoms with van der Waals surface area (Å²) in [5.74, 6) is 1.37. The van der Waals surface area contributed by atoms with E-state index in [1.54, 1.807) is 0 Å². The molecule has 6 rings (SSSR count). The second kappa shape index (κ2) is 6.42. The third-order valence-electron chi connectivity index (χ3n) is 9.11. The maximum Gasteiger partial charge on any atom is 0.310 e. The third kappa shape index (κ3) is 2.62. The average molecular weight is 412 g/mol. The molecule has 2 saturated carbocycles. The van der Waals surface area contributed by atoms with E-state index in [0.29, 0.717) is 5.92 Å². The first-order valence-electron chi connectivity index (χ1n) is 11.7. The standard InChI is InChI=1S/C24H33N3O3/c1-22-7-5-8-23(2)24(22,30-23)14-17-18(21(28)29-19(17)15-22)16-26-10-12-27(13-11-26)20-6-3-4-9-25-20/h3-4,6,9,17-19H,5,7-8,10-16H2,1-2H3/t17-,18-,19+,22+,23-,24-/m0/s1. The quantitative estimate of drug-likeness (QED) is 0.563. The fourth-order valence-electron chi connectivity index (χ4n) is 7.35. The minimum absolute atomic E-state index is 0.00861. The zero-order valence-corrected chi connectivity index (χ0v) is 18.2. The van der Waals surface area contributed by atoms with Gasteiger partial charge in [-0.15, -0.1) is 0 Å². The van der Waals surface area contributed by atoms with E-state index in [-0.39, 0.29) is 34.6 Å². The van der Waals surface area contributed by atoms with Gasteiger partial charge in [-0.25, -0.2) is 4.98 Å². The Morgan fingerprint density at radius 3 is 2.73 bits per heavy atom. The molecule has 0 aromatic carbocycles. The number of carbonyl (C=O) groups is 1. The van der Waals surface area contributed by atoms with Gasteiger partial charge in [0.25, 0.3) is 0 Å². The van der Waals surface area contributed by atoms with E-state index >= 15 is 0 Å². The molecule has 5 aliphatic rings. The molecule has 3 saturated heterocycles. The molecule has 1 aromatic heterocycles. The van der Waals surface area contributed by atoms with E-state index in [2.05, 4.69) is 34.7 Å². The van der Waals surface area contributed by atoms with Gasteiger partial charge in [0, 0.05) is 50.3 Å². The molecule has 0 N–H and O–H groups in total. The van der Waals surface area contributed by atoms with Crippen LogP contribution in [0.5, 0.6) is 0 Å². The second-order valence-electron chi connectivity index (χ2n) is 10.7. The third-order valence-corrected chi connectivity index (χ3v) is 9.11.